The average molecular weight is 386 g/mol. The minimum absolute atomic E-state index is 0.0240. The summed E-state index contributed by atoms with van der Waals surface area (Å²) in [5.41, 5.74) is 17.7. The third kappa shape index (κ3) is 3.49. The first-order valence-electron chi connectivity index (χ1n) is 8.39. The summed E-state index contributed by atoms with van der Waals surface area (Å²) in [7, 11) is 0. The molecule has 0 saturated carbocycles. The molecule has 0 amide bonds. The van der Waals surface area contributed by atoms with Crippen molar-refractivity contribution in [2.24, 2.45) is 11.1 Å². The summed E-state index contributed by atoms with van der Waals surface area (Å²) in [4.78, 5) is 14.6. The molecule has 10 heteroatoms. The smallest absolute Gasteiger partial charge is 0.154 e. The van der Waals surface area contributed by atoms with E-state index >= 15 is 0 Å². The molecular weight excluding hydrogens is 366 g/mol. The zero-order valence-corrected chi connectivity index (χ0v) is 15.4. The maximum absolute atomic E-state index is 9.35. The zero-order valence-electron chi connectivity index (χ0n) is 14.6. The van der Waals surface area contributed by atoms with Crippen molar-refractivity contribution in [1.29, 1.82) is 10.7 Å². The van der Waals surface area contributed by atoms with Gasteiger partial charge in [-0.05, 0) is 18.9 Å². The van der Waals surface area contributed by atoms with Crippen LogP contribution in [0.1, 0.15) is 24.1 Å². The Kier molecular flexibility index (Phi) is 5.12. The number of nitrogens with two attached hydrogens (primary N) is 3. The Labute approximate surface area is 161 Å². The van der Waals surface area contributed by atoms with Crippen LogP contribution in [-0.2, 0) is 0 Å². The van der Waals surface area contributed by atoms with Crippen LogP contribution in [0.15, 0.2) is 18.5 Å². The number of hydrogen-bond acceptors (Lipinski definition) is 9. The number of rotatable bonds is 4. The van der Waals surface area contributed by atoms with E-state index in [9.17, 15) is 5.26 Å². The van der Waals surface area contributed by atoms with Gasteiger partial charge in [0.1, 0.15) is 17.3 Å². The monoisotopic (exact) mass is 385 g/mol. The van der Waals surface area contributed by atoms with Crippen LogP contribution in [0.2, 0.25) is 5.02 Å². The molecular formula is C17H20ClN9. The van der Waals surface area contributed by atoms with E-state index in [0.717, 1.165) is 0 Å². The number of anilines is 3. The Balaban J connectivity index is 1.82. The van der Waals surface area contributed by atoms with Crippen molar-refractivity contribution in [2.45, 2.75) is 12.8 Å². The largest absolute Gasteiger partial charge is 0.382 e. The molecule has 0 atom stereocenters. The van der Waals surface area contributed by atoms with Crippen LogP contribution in [0.3, 0.4) is 0 Å². The van der Waals surface area contributed by atoms with Gasteiger partial charge in [-0.15, -0.1) is 0 Å². The van der Waals surface area contributed by atoms with E-state index in [0.29, 0.717) is 43.9 Å². The van der Waals surface area contributed by atoms with Gasteiger partial charge in [0.25, 0.3) is 0 Å². The lowest BCUT2D eigenvalue weighted by Gasteiger charge is -2.37. The Morgan fingerprint density at radius 1 is 1.30 bits per heavy atom. The van der Waals surface area contributed by atoms with Gasteiger partial charge < -0.3 is 22.1 Å². The number of nitriles is 1. The van der Waals surface area contributed by atoms with Gasteiger partial charge in [0.2, 0.25) is 0 Å². The molecule has 3 rings (SSSR count). The number of nitrogens with zero attached hydrogens (tertiary/aromatic N) is 5. The van der Waals surface area contributed by atoms with Crippen molar-refractivity contribution in [1.82, 2.24) is 15.0 Å². The van der Waals surface area contributed by atoms with Crippen LogP contribution in [0, 0.1) is 22.2 Å². The molecule has 2 aromatic rings. The van der Waals surface area contributed by atoms with E-state index in [1.165, 1.54) is 6.20 Å². The van der Waals surface area contributed by atoms with E-state index in [4.69, 9.17) is 34.2 Å². The molecule has 0 spiro atoms. The van der Waals surface area contributed by atoms with Gasteiger partial charge >= 0.3 is 0 Å². The molecule has 1 aliphatic heterocycles. The summed E-state index contributed by atoms with van der Waals surface area (Å²) in [6.07, 6.45) is 4.35. The molecule has 0 aromatic carbocycles. The van der Waals surface area contributed by atoms with Crippen LogP contribution < -0.4 is 22.1 Å². The molecule has 27 heavy (non-hydrogen) atoms. The molecule has 0 unspecified atom stereocenters. The van der Waals surface area contributed by atoms with Crippen molar-refractivity contribution in [3.05, 3.63) is 34.7 Å². The second kappa shape index (κ2) is 7.34. The second-order valence-corrected chi connectivity index (χ2v) is 6.86. The van der Waals surface area contributed by atoms with Crippen LogP contribution in [0.4, 0.5) is 17.5 Å². The maximum Gasteiger partial charge on any atom is 0.154 e. The number of nitrogens with one attached hydrogen (secondary N) is 1. The third-order valence-corrected chi connectivity index (χ3v) is 5.28. The van der Waals surface area contributed by atoms with Gasteiger partial charge in [0.05, 0.1) is 28.4 Å². The predicted molar refractivity (Wildman–Crippen MR) is 105 cm³/mol. The summed E-state index contributed by atoms with van der Waals surface area (Å²) < 4.78 is 0. The highest BCUT2D eigenvalue weighted by Gasteiger charge is 2.34. The van der Waals surface area contributed by atoms with E-state index in [1.807, 2.05) is 4.90 Å². The number of hydrogen-bond donors (Lipinski definition) is 4. The van der Waals surface area contributed by atoms with E-state index in [2.05, 4.69) is 21.0 Å². The van der Waals surface area contributed by atoms with Gasteiger partial charge in [-0.3, -0.25) is 5.41 Å². The Bertz CT molecular complexity index is 913. The summed E-state index contributed by atoms with van der Waals surface area (Å²) >= 11 is 6.14. The van der Waals surface area contributed by atoms with Gasteiger partial charge in [-0.25, -0.2) is 15.0 Å². The molecule has 0 bridgehead atoms. The lowest BCUT2D eigenvalue weighted by Crippen LogP contribution is -2.43. The standard InChI is InChI=1S/C17H20ClN9/c18-12-10(1-4-24-15(12)22)13(21)14-16(23)26-11(7-25-14)27-5-2-17(8-19,9-20)3-6-27/h1,4,7,21H,2-3,5-6,8,19H2,(H2,22,24)(H2,23,26). The Morgan fingerprint density at radius 2 is 2.00 bits per heavy atom. The quantitative estimate of drug-likeness (QED) is 0.568. The first-order valence-corrected chi connectivity index (χ1v) is 8.76. The van der Waals surface area contributed by atoms with Crippen LogP contribution in [-0.4, -0.2) is 40.3 Å². The summed E-state index contributed by atoms with van der Waals surface area (Å²) in [6, 6.07) is 3.91. The molecule has 7 N–H and O–H groups in total. The predicted octanol–water partition coefficient (Wildman–Crippen LogP) is 1.17. The van der Waals surface area contributed by atoms with Crippen LogP contribution in [0.25, 0.3) is 0 Å². The first kappa shape index (κ1) is 18.8. The van der Waals surface area contributed by atoms with E-state index < -0.39 is 5.41 Å². The van der Waals surface area contributed by atoms with Gasteiger partial charge in [0.15, 0.2) is 5.82 Å². The highest BCUT2D eigenvalue weighted by molar-refractivity contribution is 6.37. The molecule has 1 fully saturated rings. The topological polar surface area (TPSA) is 168 Å². The number of piperidine rings is 1. The minimum atomic E-state index is -0.477. The van der Waals surface area contributed by atoms with E-state index in [1.54, 1.807) is 12.3 Å². The van der Waals surface area contributed by atoms with Crippen LogP contribution in [0.5, 0.6) is 0 Å². The lowest BCUT2D eigenvalue weighted by molar-refractivity contribution is 0.313. The first-order chi connectivity index (χ1) is 12.9. The van der Waals surface area contributed by atoms with Crippen molar-refractivity contribution >= 4 is 34.8 Å². The summed E-state index contributed by atoms with van der Waals surface area (Å²) in [5, 5.41) is 17.9. The number of aromatic nitrogens is 3. The molecule has 2 aromatic heterocycles. The molecule has 0 aliphatic carbocycles. The number of pyridine rings is 1. The highest BCUT2D eigenvalue weighted by Crippen LogP contribution is 2.32. The maximum atomic E-state index is 9.35. The van der Waals surface area contributed by atoms with Crippen molar-refractivity contribution in [3.63, 3.8) is 0 Å². The Hall–Kier alpha value is -2.96. The summed E-state index contributed by atoms with van der Waals surface area (Å²) in [6.45, 7) is 1.63. The third-order valence-electron chi connectivity index (χ3n) is 4.88. The molecule has 1 aliphatic rings. The SMILES string of the molecule is N#CC1(CN)CCN(c2cnc(C(=N)c3ccnc(N)c3Cl)c(N)n2)CC1. The van der Waals surface area contributed by atoms with E-state index in [-0.39, 0.29) is 28.1 Å². The fraction of sp³-hybridized carbons (Fsp3) is 0.353. The molecule has 140 valence electrons. The van der Waals surface area contributed by atoms with Crippen molar-refractivity contribution < 1.29 is 0 Å². The van der Waals surface area contributed by atoms with Gasteiger partial charge in [-0.1, -0.05) is 11.6 Å². The minimum Gasteiger partial charge on any atom is -0.382 e. The summed E-state index contributed by atoms with van der Waals surface area (Å²) in [5.74, 6) is 0.865. The fourth-order valence-electron chi connectivity index (χ4n) is 3.04. The fourth-order valence-corrected chi connectivity index (χ4v) is 3.25. The molecule has 1 saturated heterocycles. The van der Waals surface area contributed by atoms with Crippen molar-refractivity contribution in [2.75, 3.05) is 36.0 Å². The van der Waals surface area contributed by atoms with Gasteiger partial charge in [0, 0.05) is 31.4 Å². The number of nitrogen functional groups attached to an aromatic ring is 2. The highest BCUT2D eigenvalue weighted by atomic mass is 35.5. The average Bonchev–Trinajstić information content (AvgIpc) is 2.69. The van der Waals surface area contributed by atoms with Gasteiger partial charge in [-0.2, -0.15) is 5.26 Å². The Morgan fingerprint density at radius 3 is 2.59 bits per heavy atom. The molecule has 9 nitrogen and oxygen atoms in total. The molecule has 3 heterocycles. The molecule has 0 radical (unpaired) electrons. The van der Waals surface area contributed by atoms with Crippen LogP contribution >= 0.6 is 11.6 Å². The second-order valence-electron chi connectivity index (χ2n) is 6.48. The normalized spacial score (nSPS) is 16.0. The van der Waals surface area contributed by atoms with Crippen molar-refractivity contribution in [3.8, 4) is 6.07 Å². The number of halogens is 1. The lowest BCUT2D eigenvalue weighted by atomic mass is 9.80. The zero-order chi connectivity index (χ0) is 19.6.